The highest BCUT2D eigenvalue weighted by molar-refractivity contribution is 6.04. The molecule has 4 heteroatoms. The molecular formula is C31H44FNO2. The Morgan fingerprint density at radius 1 is 1.20 bits per heavy atom. The predicted octanol–water partition coefficient (Wildman–Crippen LogP) is 8.45. The summed E-state index contributed by atoms with van der Waals surface area (Å²) in [5.74, 6) is 0.504. The van der Waals surface area contributed by atoms with Crippen LogP contribution in [0, 0.1) is 23.6 Å². The quantitative estimate of drug-likeness (QED) is 0.307. The van der Waals surface area contributed by atoms with E-state index in [0.717, 1.165) is 35.3 Å². The zero-order valence-corrected chi connectivity index (χ0v) is 22.7. The highest BCUT2D eigenvalue weighted by atomic mass is 19.1. The standard InChI is InChI=1S/C25H26FNO2.C4H10.C2H6.H2/c1-5-11-27-15-21(24(28)6-2)25(29)14-23(27)20-13-18(12-16(3)17(20)4)19-9-7-8-10-22(19)26;1-4(2)3;1-2;/h6-10,12-17H,2,5,11H2,1,3-4H3;4H,1-3H3;1-2H3;1H. The van der Waals surface area contributed by atoms with Gasteiger partial charge in [-0.1, -0.05) is 86.2 Å². The molecule has 0 saturated carbocycles. The van der Waals surface area contributed by atoms with Crippen LogP contribution in [-0.2, 0) is 6.54 Å². The van der Waals surface area contributed by atoms with E-state index in [-0.39, 0.29) is 35.9 Å². The normalized spacial score (nSPS) is 16.7. The second-order valence-corrected chi connectivity index (χ2v) is 9.28. The first kappa shape index (κ1) is 30.0. The number of halogens is 1. The van der Waals surface area contributed by atoms with Crippen molar-refractivity contribution in [2.75, 3.05) is 0 Å². The van der Waals surface area contributed by atoms with E-state index >= 15 is 0 Å². The number of pyridine rings is 1. The molecule has 0 spiro atoms. The average Bonchev–Trinajstić information content (AvgIpc) is 2.82. The molecule has 1 aliphatic carbocycles. The van der Waals surface area contributed by atoms with Gasteiger partial charge in [0.1, 0.15) is 5.82 Å². The van der Waals surface area contributed by atoms with Crippen molar-refractivity contribution in [1.82, 2.24) is 4.57 Å². The zero-order chi connectivity index (χ0) is 26.7. The molecule has 1 aromatic heterocycles. The first-order valence-corrected chi connectivity index (χ1v) is 12.7. The van der Waals surface area contributed by atoms with E-state index in [9.17, 15) is 14.0 Å². The van der Waals surface area contributed by atoms with Gasteiger partial charge in [0.05, 0.1) is 5.56 Å². The summed E-state index contributed by atoms with van der Waals surface area (Å²) in [6.07, 6.45) is 7.69. The molecule has 2 aromatic rings. The van der Waals surface area contributed by atoms with Crippen LogP contribution in [0.2, 0.25) is 0 Å². The Bertz CT molecular complexity index is 1120. The largest absolute Gasteiger partial charge is 0.347 e. The third-order valence-electron chi connectivity index (χ3n) is 5.56. The van der Waals surface area contributed by atoms with Crippen LogP contribution >= 0.6 is 0 Å². The molecule has 3 rings (SSSR count). The van der Waals surface area contributed by atoms with Gasteiger partial charge >= 0.3 is 0 Å². The van der Waals surface area contributed by atoms with Gasteiger partial charge in [0.2, 0.25) is 0 Å². The van der Waals surface area contributed by atoms with E-state index in [4.69, 9.17) is 0 Å². The lowest BCUT2D eigenvalue weighted by atomic mass is 9.79. The zero-order valence-electron chi connectivity index (χ0n) is 22.7. The van der Waals surface area contributed by atoms with Crippen LogP contribution in [0.1, 0.15) is 84.9 Å². The molecule has 1 heterocycles. The number of hydrogen-bond acceptors (Lipinski definition) is 2. The molecule has 35 heavy (non-hydrogen) atoms. The van der Waals surface area contributed by atoms with E-state index in [1.54, 1.807) is 18.3 Å². The molecule has 2 unspecified atom stereocenters. The Hall–Kier alpha value is -3.01. The van der Waals surface area contributed by atoms with Crippen molar-refractivity contribution in [3.63, 3.8) is 0 Å². The SMILES string of the molecule is C=CC(=O)c1cn(CCC)c(C2=CC(c3ccccc3F)=CC(C)C2C)cc1=O.CC.CC(C)C.[HH]. The monoisotopic (exact) mass is 481 g/mol. The van der Waals surface area contributed by atoms with Crippen molar-refractivity contribution in [3.8, 4) is 0 Å². The fraction of sp³-hybridized carbons (Fsp3) is 0.419. The number of aromatic nitrogens is 1. The number of ketones is 1. The van der Waals surface area contributed by atoms with Gasteiger partial charge < -0.3 is 4.57 Å². The minimum atomic E-state index is -0.377. The summed E-state index contributed by atoms with van der Waals surface area (Å²) in [5, 5.41) is 0. The second-order valence-electron chi connectivity index (χ2n) is 9.28. The molecule has 192 valence electrons. The maximum Gasteiger partial charge on any atom is 0.193 e. The Morgan fingerprint density at radius 2 is 1.80 bits per heavy atom. The molecule has 1 aromatic carbocycles. The molecule has 3 nitrogen and oxygen atoms in total. The smallest absolute Gasteiger partial charge is 0.193 e. The summed E-state index contributed by atoms with van der Waals surface area (Å²) in [6.45, 7) is 20.9. The van der Waals surface area contributed by atoms with Crippen LogP contribution in [0.15, 0.2) is 66.1 Å². The topological polar surface area (TPSA) is 39.1 Å². The summed E-state index contributed by atoms with van der Waals surface area (Å²) >= 11 is 0. The Balaban J connectivity index is 0.00000159. The molecular weight excluding hydrogens is 437 g/mol. The summed E-state index contributed by atoms with van der Waals surface area (Å²) in [7, 11) is 0. The minimum absolute atomic E-state index is 0. The van der Waals surface area contributed by atoms with Gasteiger partial charge in [0.25, 0.3) is 0 Å². The van der Waals surface area contributed by atoms with Gasteiger partial charge in [0, 0.05) is 31.5 Å². The molecule has 0 fully saturated rings. The number of rotatable bonds is 6. The molecule has 0 saturated heterocycles. The van der Waals surface area contributed by atoms with Gasteiger partial charge in [-0.15, -0.1) is 0 Å². The molecule has 2 atom stereocenters. The van der Waals surface area contributed by atoms with Crippen LogP contribution < -0.4 is 5.43 Å². The lowest BCUT2D eigenvalue weighted by Crippen LogP contribution is -2.22. The van der Waals surface area contributed by atoms with E-state index in [2.05, 4.69) is 47.3 Å². The molecule has 0 radical (unpaired) electrons. The van der Waals surface area contributed by atoms with Crippen molar-refractivity contribution < 1.29 is 10.6 Å². The Morgan fingerprint density at radius 3 is 2.34 bits per heavy atom. The van der Waals surface area contributed by atoms with E-state index in [1.807, 2.05) is 37.5 Å². The first-order chi connectivity index (χ1) is 16.6. The Labute approximate surface area is 212 Å². The van der Waals surface area contributed by atoms with Crippen LogP contribution in [0.25, 0.3) is 11.1 Å². The van der Waals surface area contributed by atoms with Crippen LogP contribution in [-0.4, -0.2) is 10.4 Å². The summed E-state index contributed by atoms with van der Waals surface area (Å²) < 4.78 is 16.4. The van der Waals surface area contributed by atoms with E-state index in [1.165, 1.54) is 12.1 Å². The molecule has 0 bridgehead atoms. The van der Waals surface area contributed by atoms with Crippen LogP contribution in [0.4, 0.5) is 4.39 Å². The lowest BCUT2D eigenvalue weighted by molar-refractivity contribution is 0.104. The maximum atomic E-state index is 14.4. The van der Waals surface area contributed by atoms with Crippen molar-refractivity contribution in [2.45, 2.75) is 68.4 Å². The molecule has 0 aliphatic heterocycles. The average molecular weight is 482 g/mol. The first-order valence-electron chi connectivity index (χ1n) is 12.7. The predicted molar refractivity (Wildman–Crippen MR) is 150 cm³/mol. The highest BCUT2D eigenvalue weighted by Gasteiger charge is 2.25. The van der Waals surface area contributed by atoms with Gasteiger partial charge in [-0.25, -0.2) is 4.39 Å². The number of nitrogens with zero attached hydrogens (tertiary/aromatic N) is 1. The van der Waals surface area contributed by atoms with Crippen LogP contribution in [0.5, 0.6) is 0 Å². The van der Waals surface area contributed by atoms with Gasteiger partial charge in [-0.2, -0.15) is 0 Å². The van der Waals surface area contributed by atoms with Gasteiger partial charge in [-0.3, -0.25) is 9.59 Å². The number of carbonyl (C=O) groups is 1. The third-order valence-corrected chi connectivity index (χ3v) is 5.56. The van der Waals surface area contributed by atoms with E-state index < -0.39 is 0 Å². The Kier molecular flexibility index (Phi) is 12.4. The third kappa shape index (κ3) is 8.02. The molecule has 1 aliphatic rings. The highest BCUT2D eigenvalue weighted by Crippen LogP contribution is 2.38. The van der Waals surface area contributed by atoms with Crippen molar-refractivity contribution >= 4 is 16.9 Å². The van der Waals surface area contributed by atoms with Crippen molar-refractivity contribution in [1.29, 1.82) is 0 Å². The van der Waals surface area contributed by atoms with Crippen molar-refractivity contribution in [2.24, 2.45) is 17.8 Å². The van der Waals surface area contributed by atoms with Crippen molar-refractivity contribution in [3.05, 3.63) is 94.2 Å². The summed E-state index contributed by atoms with van der Waals surface area (Å²) in [6, 6.07) is 8.25. The number of benzene rings is 1. The van der Waals surface area contributed by atoms with E-state index in [0.29, 0.717) is 12.1 Å². The number of allylic oxidation sites excluding steroid dienone is 5. The number of carbonyl (C=O) groups excluding carboxylic acids is 1. The fourth-order valence-corrected chi connectivity index (χ4v) is 3.77. The van der Waals surface area contributed by atoms with Gasteiger partial charge in [-0.05, 0) is 53.5 Å². The molecule has 0 N–H and O–H groups in total. The molecule has 0 amide bonds. The summed E-state index contributed by atoms with van der Waals surface area (Å²) in [4.78, 5) is 24.7. The number of hydrogen-bond donors (Lipinski definition) is 0. The number of aryl methyl sites for hydroxylation is 1. The van der Waals surface area contributed by atoms with Gasteiger partial charge in [0.15, 0.2) is 11.2 Å². The second kappa shape index (κ2) is 14.4. The summed E-state index contributed by atoms with van der Waals surface area (Å²) in [5.41, 5.74) is 2.91. The lowest BCUT2D eigenvalue weighted by Gasteiger charge is -2.29. The minimum Gasteiger partial charge on any atom is -0.347 e. The maximum absolute atomic E-state index is 14.4. The van der Waals surface area contributed by atoms with Crippen LogP contribution in [0.3, 0.4) is 0 Å². The fourth-order valence-electron chi connectivity index (χ4n) is 3.77.